The summed E-state index contributed by atoms with van der Waals surface area (Å²) in [7, 11) is 14.2. The molecule has 0 amide bonds. The van der Waals surface area contributed by atoms with Crippen molar-refractivity contribution in [2.75, 3.05) is 150 Å². The van der Waals surface area contributed by atoms with Crippen LogP contribution in [-0.2, 0) is 13.1 Å². The Morgan fingerprint density at radius 3 is 1.21 bits per heavy atom. The van der Waals surface area contributed by atoms with E-state index >= 15 is 0 Å². The molecule has 2 atom stereocenters. The summed E-state index contributed by atoms with van der Waals surface area (Å²) in [6.45, 7) is 10.9. The van der Waals surface area contributed by atoms with Gasteiger partial charge in [-0.05, 0) is 170 Å². The molecule has 634 valence electrons. The van der Waals surface area contributed by atoms with Gasteiger partial charge in [0.15, 0.2) is 58.2 Å². The highest BCUT2D eigenvalue weighted by Gasteiger charge is 2.29. The van der Waals surface area contributed by atoms with Crippen molar-refractivity contribution in [3.05, 3.63) is 138 Å². The number of nitrogens with one attached hydrogen (secondary N) is 5. The molecule has 0 radical (unpaired) electrons. The maximum atomic E-state index is 11.2. The molecule has 0 saturated carbocycles. The Bertz CT molecular complexity index is 5230. The van der Waals surface area contributed by atoms with Crippen LogP contribution in [0, 0.1) is 0 Å². The minimum Gasteiger partial charge on any atom is -0.493 e. The third kappa shape index (κ3) is 20.6. The van der Waals surface area contributed by atoms with Crippen LogP contribution in [0.25, 0.3) is 33.6 Å². The second kappa shape index (κ2) is 41.3. The first kappa shape index (κ1) is 85.4. The average molecular weight is 1680 g/mol. The predicted octanol–water partition coefficient (Wildman–Crippen LogP) is 11.6. The van der Waals surface area contributed by atoms with Crippen molar-refractivity contribution in [3.8, 4) is 68.8 Å². The van der Waals surface area contributed by atoms with Crippen molar-refractivity contribution in [1.82, 2.24) is 92.9 Å². The van der Waals surface area contributed by atoms with Gasteiger partial charge in [0.25, 0.3) is 0 Å². The summed E-state index contributed by atoms with van der Waals surface area (Å²) in [4.78, 5) is 45.3. The SMILES string of the molecule is C1CCNCC1.COc1cc(-n2cnc(Nc3nc(Cl)nn4c(C=O)ccc34)c2)cc(OC)c1OC.COc1cc(-n2cnc(Nc3nc(Cl)nn4c(CN5CCCCC5)ccc34)c2)cc(OC)c1OC.COc1cc(-n2cnc(Nc3nc(N4CCC[C@H]4CO)nn4c(CN5CCCCC5)ccc34)c2)cc(OC)c1OC.OC[C@@H]1CCCN1. The van der Waals surface area contributed by atoms with Crippen LogP contribution in [0.3, 0.4) is 0 Å². The lowest BCUT2D eigenvalue weighted by atomic mass is 10.1. The van der Waals surface area contributed by atoms with Crippen LogP contribution >= 0.6 is 23.2 Å². The van der Waals surface area contributed by atoms with E-state index in [0.717, 1.165) is 111 Å². The van der Waals surface area contributed by atoms with Gasteiger partial charge >= 0.3 is 0 Å². The van der Waals surface area contributed by atoms with E-state index in [4.69, 9.17) is 81.0 Å². The molecule has 3 aromatic carbocycles. The Morgan fingerprint density at radius 1 is 0.445 bits per heavy atom. The molecule has 0 spiro atoms. The van der Waals surface area contributed by atoms with Gasteiger partial charge in [-0.2, -0.15) is 15.0 Å². The smallest absolute Gasteiger partial charge is 0.245 e. The monoisotopic (exact) mass is 1670 g/mol. The zero-order valence-electron chi connectivity index (χ0n) is 68.6. The van der Waals surface area contributed by atoms with Crippen LogP contribution in [-0.4, -0.2) is 240 Å². The number of aliphatic hydroxyl groups excluding tert-OH is 2. The second-order valence-corrected chi connectivity index (χ2v) is 29.5. The number of piperidine rings is 3. The number of ether oxygens (including phenoxy) is 9. The highest BCUT2D eigenvalue weighted by molar-refractivity contribution is 6.28. The molecule has 9 aromatic heterocycles. The van der Waals surface area contributed by atoms with Gasteiger partial charge in [0.1, 0.15) is 58.7 Å². The van der Waals surface area contributed by atoms with Crippen LogP contribution < -0.4 is 74.1 Å². The molecule has 35 nitrogen and oxygen atoms in total. The lowest BCUT2D eigenvalue weighted by molar-refractivity contribution is 0.111. The first-order valence-corrected chi connectivity index (χ1v) is 40.6. The number of aldehydes is 1. The van der Waals surface area contributed by atoms with Crippen molar-refractivity contribution >= 4 is 86.9 Å². The van der Waals surface area contributed by atoms with Crippen molar-refractivity contribution < 1.29 is 57.6 Å². The van der Waals surface area contributed by atoms with E-state index in [9.17, 15) is 9.90 Å². The molecule has 119 heavy (non-hydrogen) atoms. The van der Waals surface area contributed by atoms with Gasteiger partial charge in [0, 0.05) is 62.1 Å². The van der Waals surface area contributed by atoms with Crippen LogP contribution in [0.2, 0.25) is 10.6 Å². The minimum absolute atomic E-state index is 0.00615. The first-order chi connectivity index (χ1) is 58.2. The molecule has 0 aliphatic carbocycles. The predicted molar refractivity (Wildman–Crippen MR) is 454 cm³/mol. The fourth-order valence-electron chi connectivity index (χ4n) is 15.1. The Labute approximate surface area is 699 Å². The van der Waals surface area contributed by atoms with Crippen molar-refractivity contribution in [2.45, 2.75) is 109 Å². The lowest BCUT2D eigenvalue weighted by Gasteiger charge is -2.26. The molecule has 5 aliphatic rings. The molecule has 0 unspecified atom stereocenters. The number of anilines is 7. The topological polar surface area (TPSA) is 355 Å². The number of fused-ring (bicyclic) bond motifs is 3. The fourth-order valence-corrected chi connectivity index (χ4v) is 15.4. The maximum absolute atomic E-state index is 11.2. The Hall–Kier alpha value is -11.4. The van der Waals surface area contributed by atoms with E-state index in [2.05, 4.69) is 94.6 Å². The number of carbonyl (C=O) groups is 1. The summed E-state index contributed by atoms with van der Waals surface area (Å²) in [5, 5.41) is 48.4. The molecule has 12 aromatic rings. The standard InChI is InChI=1S/C29H38N8O4.C24H28ClN7O3.C19H17ClN6O4.C5H11NO.C5H11N/c1-39-24-14-22(15-25(40-2)27(24)41-3)35-17-26(30-19-35)31-28-23-10-9-20(16-34-11-5-4-6-12-34)37(23)33-29(32-28)36-13-7-8-21(36)18-38;1-33-19-11-17(12-20(34-2)22(19)35-3)31-14-21(26-15-31)27-23-18-8-7-16(32(18)29-24(25)28-23)13-30-9-5-4-6-10-30;1-28-14-6-12(7-15(29-2)17(14)30-3)25-8-16(21-10-25)22-18-13-5-4-11(9-27)26(13)24-19(20)23-18;7-4-5-2-1-3-6-5;1-2-4-6-5-3-1/h9-10,14-15,17,19,21,38H,4-8,11-13,16,18H2,1-3H3,(H,31,32,33);7-8,11-12,14-15H,4-6,9-10,13H2,1-3H3,(H,27,28,29);4-10H,1-3H3,(H,22,23,24);5-7H,1-4H2;6H,1-5H2/t21-;;;5-;/m0..0./s1. The van der Waals surface area contributed by atoms with Crippen molar-refractivity contribution in [1.29, 1.82) is 0 Å². The Kier molecular flexibility index (Phi) is 29.7. The summed E-state index contributed by atoms with van der Waals surface area (Å²) in [5.74, 6) is 8.87. The van der Waals surface area contributed by atoms with E-state index in [1.807, 2.05) is 60.9 Å². The number of methoxy groups -OCH3 is 9. The number of aliphatic hydroxyl groups is 2. The van der Waals surface area contributed by atoms with Gasteiger partial charge in [0.2, 0.25) is 33.8 Å². The minimum atomic E-state index is -0.00615. The Balaban J connectivity index is 0.000000144. The highest BCUT2D eigenvalue weighted by atomic mass is 35.5. The normalized spacial score (nSPS) is 16.1. The zero-order chi connectivity index (χ0) is 83.3. The third-order valence-electron chi connectivity index (χ3n) is 21.2. The van der Waals surface area contributed by atoms with Crippen LogP contribution in [0.5, 0.6) is 51.7 Å². The number of halogens is 2. The number of nitrogens with zero attached hydrogens (tertiary/aromatic N) is 18. The summed E-state index contributed by atoms with van der Waals surface area (Å²) < 4.78 is 59.8. The molecule has 0 bridgehead atoms. The molecular weight excluding hydrogens is 1570 g/mol. The molecule has 17 rings (SSSR count). The summed E-state index contributed by atoms with van der Waals surface area (Å²) in [6.07, 6.45) is 27.3. The number of aromatic nitrogens is 15. The number of rotatable bonds is 26. The van der Waals surface area contributed by atoms with Gasteiger partial charge in [-0.1, -0.05) is 19.3 Å². The highest BCUT2D eigenvalue weighted by Crippen LogP contribution is 2.43. The number of carbonyl (C=O) groups excluding carboxylic acids is 1. The number of hydrogen-bond donors (Lipinski definition) is 7. The first-order valence-electron chi connectivity index (χ1n) is 39.9. The quantitative estimate of drug-likeness (QED) is 0.0248. The van der Waals surface area contributed by atoms with Crippen LogP contribution in [0.15, 0.2) is 110 Å². The Morgan fingerprint density at radius 2 is 0.849 bits per heavy atom. The zero-order valence-corrected chi connectivity index (χ0v) is 70.1. The van der Waals surface area contributed by atoms with E-state index < -0.39 is 0 Å². The van der Waals surface area contributed by atoms with Crippen molar-refractivity contribution in [2.24, 2.45) is 0 Å². The van der Waals surface area contributed by atoms with Gasteiger partial charge < -0.3 is 98.0 Å². The van der Waals surface area contributed by atoms with E-state index in [-0.39, 0.29) is 23.2 Å². The van der Waals surface area contributed by atoms with Gasteiger partial charge in [0.05, 0.1) is 130 Å². The largest absolute Gasteiger partial charge is 0.493 e. The fraction of sp³-hybridized carbons (Fsp3) is 0.439. The third-order valence-corrected chi connectivity index (χ3v) is 21.5. The molecule has 14 heterocycles. The van der Waals surface area contributed by atoms with Gasteiger partial charge in [-0.25, -0.2) is 28.5 Å². The number of imidazole rings is 3. The van der Waals surface area contributed by atoms with E-state index in [1.54, 1.807) is 118 Å². The van der Waals surface area contributed by atoms with Crippen molar-refractivity contribution in [3.63, 3.8) is 0 Å². The number of benzene rings is 3. The van der Waals surface area contributed by atoms with E-state index in [0.29, 0.717) is 123 Å². The molecule has 37 heteroatoms. The molecular formula is C82H105Cl2N23O12. The molecule has 5 saturated heterocycles. The van der Waals surface area contributed by atoms with Gasteiger partial charge in [-0.15, -0.1) is 15.3 Å². The summed E-state index contributed by atoms with van der Waals surface area (Å²) in [5.41, 5.74) is 7.23. The number of likely N-dealkylation sites (tertiary alicyclic amines) is 2. The van der Waals surface area contributed by atoms with Crippen LogP contribution in [0.4, 0.5) is 40.9 Å². The molecule has 7 N–H and O–H groups in total. The second-order valence-electron chi connectivity index (χ2n) is 28.8. The maximum Gasteiger partial charge on any atom is 0.245 e. The lowest BCUT2D eigenvalue weighted by Crippen LogP contribution is -2.34. The summed E-state index contributed by atoms with van der Waals surface area (Å²) in [6, 6.07) is 23.1. The number of hydrogen-bond acceptors (Lipinski definition) is 29. The average Bonchev–Trinajstić information content (AvgIpc) is 1.65. The van der Waals surface area contributed by atoms with Crippen LogP contribution in [0.1, 0.15) is 105 Å². The van der Waals surface area contributed by atoms with E-state index in [1.165, 1.54) is 81.8 Å². The molecule has 5 fully saturated rings. The van der Waals surface area contributed by atoms with Gasteiger partial charge in [-0.3, -0.25) is 14.6 Å². The molecule has 5 aliphatic heterocycles. The summed E-state index contributed by atoms with van der Waals surface area (Å²) >= 11 is 12.3.